The van der Waals surface area contributed by atoms with E-state index in [1.807, 2.05) is 13.1 Å². The molecular weight excluding hydrogens is 312 g/mol. The number of hydrogen-bond donors (Lipinski definition) is 2. The van der Waals surface area contributed by atoms with Crippen molar-refractivity contribution in [2.45, 2.75) is 51.0 Å². The monoisotopic (exact) mass is 346 g/mol. The van der Waals surface area contributed by atoms with Gasteiger partial charge >= 0.3 is 6.09 Å². The number of nitrogens with zero attached hydrogens (tertiary/aromatic N) is 1. The molecule has 0 aliphatic carbocycles. The van der Waals surface area contributed by atoms with Crippen molar-refractivity contribution in [3.63, 3.8) is 0 Å². The van der Waals surface area contributed by atoms with Gasteiger partial charge in [-0.25, -0.2) is 4.79 Å². The molecule has 7 nitrogen and oxygen atoms in total. The second kappa shape index (κ2) is 23.5. The summed E-state index contributed by atoms with van der Waals surface area (Å²) in [5.41, 5.74) is 4.43. The molecule has 0 aromatic carbocycles. The number of likely N-dealkylation sites (tertiary alicyclic amines) is 1. The Hall–Kier alpha value is -1.73. The minimum absolute atomic E-state index is 0.218. The average molecular weight is 346 g/mol. The van der Waals surface area contributed by atoms with Gasteiger partial charge in [-0.1, -0.05) is 12.5 Å². The zero-order valence-corrected chi connectivity index (χ0v) is 15.3. The Bertz CT molecular complexity index is 301. The van der Waals surface area contributed by atoms with Crippen molar-refractivity contribution in [2.24, 2.45) is 5.73 Å². The van der Waals surface area contributed by atoms with E-state index >= 15 is 0 Å². The number of hydrogen-bond acceptors (Lipinski definition) is 6. The second-order valence-corrected chi connectivity index (χ2v) is 4.94. The largest absolute Gasteiger partial charge is 0.453 e. The van der Waals surface area contributed by atoms with Crippen LogP contribution in [0.3, 0.4) is 0 Å². The van der Waals surface area contributed by atoms with Crippen LogP contribution in [0.5, 0.6) is 0 Å². The third kappa shape index (κ3) is 22.5. The lowest BCUT2D eigenvalue weighted by atomic mass is 10.1. The van der Waals surface area contributed by atoms with E-state index in [1.165, 1.54) is 20.0 Å². The predicted molar refractivity (Wildman–Crippen MR) is 95.8 cm³/mol. The molecule has 1 unspecified atom stereocenters. The van der Waals surface area contributed by atoms with E-state index in [0.717, 1.165) is 58.3 Å². The van der Waals surface area contributed by atoms with Gasteiger partial charge in [-0.2, -0.15) is 0 Å². The van der Waals surface area contributed by atoms with E-state index in [0.29, 0.717) is 0 Å². The van der Waals surface area contributed by atoms with Crippen LogP contribution in [0, 0.1) is 0 Å². The summed E-state index contributed by atoms with van der Waals surface area (Å²) in [5, 5.41) is 7.00. The summed E-state index contributed by atoms with van der Waals surface area (Å²) in [7, 11) is 4.22. The number of allylic oxidation sites excluding steroid dienone is 1. The number of primary amides is 1. The van der Waals surface area contributed by atoms with Gasteiger partial charge in [0.1, 0.15) is 12.6 Å². The van der Waals surface area contributed by atoms with E-state index in [-0.39, 0.29) is 6.04 Å². The van der Waals surface area contributed by atoms with Crippen LogP contribution in [0.1, 0.15) is 44.9 Å². The van der Waals surface area contributed by atoms with Gasteiger partial charge in [0.2, 0.25) is 0 Å². The van der Waals surface area contributed by atoms with Crippen molar-refractivity contribution in [2.75, 3.05) is 27.8 Å². The number of aliphatic hydroxyl groups is 1. The van der Waals surface area contributed by atoms with Crippen molar-refractivity contribution in [3.8, 4) is 0 Å². The Morgan fingerprint density at radius 1 is 1.29 bits per heavy atom. The number of carbonyl (C=O) groups is 3. The first-order valence-electron chi connectivity index (χ1n) is 8.01. The summed E-state index contributed by atoms with van der Waals surface area (Å²) in [6, 6.07) is 0.218. The van der Waals surface area contributed by atoms with Crippen molar-refractivity contribution in [3.05, 3.63) is 12.7 Å². The maximum Gasteiger partial charge on any atom is 0.404 e. The number of aliphatic hydroxyl groups excluding tert-OH is 1. The first kappa shape index (κ1) is 27.1. The molecule has 0 bridgehead atoms. The number of ether oxygens (including phenoxy) is 1. The van der Waals surface area contributed by atoms with Crippen LogP contribution < -0.4 is 5.73 Å². The number of nitrogens with two attached hydrogens (primary N) is 1. The quantitative estimate of drug-likeness (QED) is 0.414. The zero-order chi connectivity index (χ0) is 19.2. The Morgan fingerprint density at radius 3 is 2.12 bits per heavy atom. The fourth-order valence-corrected chi connectivity index (χ4v) is 1.80. The Labute approximate surface area is 145 Å². The van der Waals surface area contributed by atoms with Crippen molar-refractivity contribution in [1.29, 1.82) is 0 Å². The fraction of sp³-hybridized carbons (Fsp3) is 0.706. The zero-order valence-electron chi connectivity index (χ0n) is 15.3. The average Bonchev–Trinajstić information content (AvgIpc) is 3.03. The van der Waals surface area contributed by atoms with Crippen molar-refractivity contribution < 1.29 is 24.2 Å². The molecule has 1 saturated heterocycles. The molecule has 1 aliphatic heterocycles. The molecule has 0 saturated carbocycles. The highest BCUT2D eigenvalue weighted by Gasteiger charge is 2.18. The molecular formula is C17H34N2O5. The highest BCUT2D eigenvalue weighted by molar-refractivity contribution is 5.64. The Balaban J connectivity index is -0.000000271. The summed E-state index contributed by atoms with van der Waals surface area (Å²) in [4.78, 5) is 31.5. The lowest BCUT2D eigenvalue weighted by molar-refractivity contribution is -0.111. The van der Waals surface area contributed by atoms with Gasteiger partial charge in [0.05, 0.1) is 13.2 Å². The normalized spacial score (nSPS) is 15.2. The van der Waals surface area contributed by atoms with Crippen LogP contribution >= 0.6 is 0 Å². The minimum atomic E-state index is -0.745. The number of unbranched alkanes of at least 4 members (excludes halogenated alkanes) is 4. The Morgan fingerprint density at radius 2 is 1.83 bits per heavy atom. The molecule has 0 aromatic heterocycles. The topological polar surface area (TPSA) is 110 Å². The number of likely N-dealkylation sites (N-methyl/N-ethyl adjacent to an activating group) is 1. The maximum atomic E-state index is 10.2. The molecule has 1 aliphatic rings. The smallest absolute Gasteiger partial charge is 0.404 e. The third-order valence-corrected chi connectivity index (χ3v) is 3.17. The molecule has 3 N–H and O–H groups in total. The van der Waals surface area contributed by atoms with Crippen LogP contribution in [-0.2, 0) is 14.3 Å². The third-order valence-electron chi connectivity index (χ3n) is 3.17. The van der Waals surface area contributed by atoms with E-state index < -0.39 is 6.09 Å². The lowest BCUT2D eigenvalue weighted by Crippen LogP contribution is -2.25. The van der Waals surface area contributed by atoms with Gasteiger partial charge in [-0.3, -0.25) is 4.90 Å². The summed E-state index contributed by atoms with van der Waals surface area (Å²) in [5.74, 6) is 0. The SMILES string of the molecule is C=CCCCCCC=O.CN1CCCC1C=O.CO.COC(N)=O. The van der Waals surface area contributed by atoms with Gasteiger partial charge in [-0.15, -0.1) is 6.58 Å². The van der Waals surface area contributed by atoms with Crippen LogP contribution in [0.4, 0.5) is 4.79 Å². The molecule has 1 fully saturated rings. The van der Waals surface area contributed by atoms with Gasteiger partial charge < -0.3 is 25.2 Å². The van der Waals surface area contributed by atoms with Gasteiger partial charge in [-0.05, 0) is 45.7 Å². The van der Waals surface area contributed by atoms with Crippen LogP contribution in [-0.4, -0.2) is 62.5 Å². The molecule has 1 atom stereocenters. The molecule has 7 heteroatoms. The number of aldehydes is 2. The molecule has 1 heterocycles. The predicted octanol–water partition coefficient (Wildman–Crippen LogP) is 1.92. The standard InChI is InChI=1S/C8H14O.C6H11NO.C2H5NO2.CH4O/c1-2-3-4-5-6-7-8-9;1-7-4-2-3-6(7)5-8;1-5-2(3)4;1-2/h2,8H,1,3-7H2;5-6H,2-4H2,1H3;1H3,(H2,3,4);2H,1H3. The minimum Gasteiger partial charge on any atom is -0.453 e. The van der Waals surface area contributed by atoms with Crippen LogP contribution in [0.2, 0.25) is 0 Å². The van der Waals surface area contributed by atoms with Gasteiger partial charge in [0.25, 0.3) is 0 Å². The first-order chi connectivity index (χ1) is 11.5. The van der Waals surface area contributed by atoms with Gasteiger partial charge in [0.15, 0.2) is 0 Å². The highest BCUT2D eigenvalue weighted by atomic mass is 16.5. The lowest BCUT2D eigenvalue weighted by Gasteiger charge is -2.10. The van der Waals surface area contributed by atoms with Crippen molar-refractivity contribution in [1.82, 2.24) is 4.90 Å². The molecule has 0 radical (unpaired) electrons. The molecule has 0 aromatic rings. The fourth-order valence-electron chi connectivity index (χ4n) is 1.80. The first-order valence-corrected chi connectivity index (χ1v) is 8.01. The number of carbonyl (C=O) groups excluding carboxylic acids is 3. The molecule has 24 heavy (non-hydrogen) atoms. The number of rotatable bonds is 7. The molecule has 1 amide bonds. The number of amides is 1. The summed E-state index contributed by atoms with van der Waals surface area (Å²) < 4.78 is 3.89. The van der Waals surface area contributed by atoms with E-state index in [2.05, 4.69) is 21.9 Å². The summed E-state index contributed by atoms with van der Waals surface area (Å²) >= 11 is 0. The Kier molecular flexibility index (Phi) is 26.6. The van der Waals surface area contributed by atoms with Crippen LogP contribution in [0.15, 0.2) is 12.7 Å². The maximum absolute atomic E-state index is 10.2. The van der Waals surface area contributed by atoms with E-state index in [9.17, 15) is 14.4 Å². The summed E-state index contributed by atoms with van der Waals surface area (Å²) in [6.45, 7) is 4.70. The molecule has 0 spiro atoms. The second-order valence-electron chi connectivity index (χ2n) is 4.94. The molecule has 1 rings (SSSR count). The molecule has 142 valence electrons. The van der Waals surface area contributed by atoms with E-state index in [4.69, 9.17) is 5.11 Å². The van der Waals surface area contributed by atoms with E-state index in [1.54, 1.807) is 0 Å². The van der Waals surface area contributed by atoms with Crippen molar-refractivity contribution >= 4 is 18.7 Å². The number of methoxy groups -OCH3 is 1. The summed E-state index contributed by atoms with van der Waals surface area (Å²) in [6.07, 6.45) is 10.6. The highest BCUT2D eigenvalue weighted by Crippen LogP contribution is 2.11. The van der Waals surface area contributed by atoms with Crippen LogP contribution in [0.25, 0.3) is 0 Å². The van der Waals surface area contributed by atoms with Gasteiger partial charge in [0, 0.05) is 13.5 Å².